The van der Waals surface area contributed by atoms with Crippen LogP contribution in [0.5, 0.6) is 5.06 Å². The maximum atomic E-state index is 10.8. The van der Waals surface area contributed by atoms with E-state index in [1.54, 1.807) is 12.1 Å². The van der Waals surface area contributed by atoms with Crippen molar-refractivity contribution in [1.29, 1.82) is 0 Å². The molecule has 0 aliphatic heterocycles. The molecule has 1 heterocycles. The van der Waals surface area contributed by atoms with Crippen molar-refractivity contribution >= 4 is 39.3 Å². The summed E-state index contributed by atoms with van der Waals surface area (Å²) in [6, 6.07) is 5.27. The minimum atomic E-state index is 0.217. The van der Waals surface area contributed by atoms with Crippen molar-refractivity contribution in [3.8, 4) is 5.06 Å². The number of aldehydes is 1. The molecule has 0 aliphatic carbocycles. The standard InChI is InChI=1S/C10H7ClO2S/c11-4-6-1-7-3-9(13)14-10(7)8(2-6)5-12/h1-3,5,13H,4H2. The van der Waals surface area contributed by atoms with Crippen LogP contribution in [0, 0.1) is 0 Å². The Morgan fingerprint density at radius 1 is 1.43 bits per heavy atom. The zero-order valence-corrected chi connectivity index (χ0v) is 8.73. The molecule has 0 unspecified atom stereocenters. The van der Waals surface area contributed by atoms with Crippen LogP contribution in [-0.2, 0) is 5.88 Å². The van der Waals surface area contributed by atoms with E-state index in [9.17, 15) is 9.90 Å². The number of halogens is 1. The highest BCUT2D eigenvalue weighted by Crippen LogP contribution is 2.33. The number of benzene rings is 1. The van der Waals surface area contributed by atoms with E-state index in [-0.39, 0.29) is 5.06 Å². The molecule has 0 amide bonds. The number of carbonyl (C=O) groups excluding carboxylic acids is 1. The lowest BCUT2D eigenvalue weighted by atomic mass is 10.1. The Labute approximate surface area is 89.7 Å². The van der Waals surface area contributed by atoms with E-state index in [4.69, 9.17) is 11.6 Å². The number of rotatable bonds is 2. The second-order valence-electron chi connectivity index (χ2n) is 2.94. The smallest absolute Gasteiger partial charge is 0.172 e. The predicted octanol–water partition coefficient (Wildman–Crippen LogP) is 3.16. The van der Waals surface area contributed by atoms with Crippen molar-refractivity contribution in [2.24, 2.45) is 0 Å². The van der Waals surface area contributed by atoms with Gasteiger partial charge in [-0.1, -0.05) is 11.3 Å². The van der Waals surface area contributed by atoms with Gasteiger partial charge in [-0.2, -0.15) is 0 Å². The van der Waals surface area contributed by atoms with Gasteiger partial charge in [0.05, 0.1) is 0 Å². The molecular weight excluding hydrogens is 220 g/mol. The Bertz CT molecular complexity index is 490. The van der Waals surface area contributed by atoms with Crippen LogP contribution in [0.4, 0.5) is 0 Å². The van der Waals surface area contributed by atoms with Crippen LogP contribution in [-0.4, -0.2) is 11.4 Å². The molecule has 0 radical (unpaired) electrons. The molecule has 14 heavy (non-hydrogen) atoms. The van der Waals surface area contributed by atoms with Crippen molar-refractivity contribution in [3.63, 3.8) is 0 Å². The van der Waals surface area contributed by atoms with Crippen LogP contribution in [0.2, 0.25) is 0 Å². The Morgan fingerprint density at radius 3 is 2.86 bits per heavy atom. The molecule has 4 heteroatoms. The van der Waals surface area contributed by atoms with Gasteiger partial charge in [-0.05, 0) is 29.1 Å². The second-order valence-corrected chi connectivity index (χ2v) is 4.24. The molecule has 1 N–H and O–H groups in total. The van der Waals surface area contributed by atoms with E-state index >= 15 is 0 Å². The first-order chi connectivity index (χ1) is 6.74. The van der Waals surface area contributed by atoms with Crippen molar-refractivity contribution in [2.75, 3.05) is 0 Å². The van der Waals surface area contributed by atoms with Gasteiger partial charge in [0.15, 0.2) is 11.3 Å². The summed E-state index contributed by atoms with van der Waals surface area (Å²) in [5, 5.41) is 10.4. The van der Waals surface area contributed by atoms with Crippen molar-refractivity contribution in [3.05, 3.63) is 29.3 Å². The molecule has 72 valence electrons. The van der Waals surface area contributed by atoms with Gasteiger partial charge in [0.1, 0.15) is 0 Å². The zero-order chi connectivity index (χ0) is 10.1. The summed E-state index contributed by atoms with van der Waals surface area (Å²) in [4.78, 5) is 10.8. The number of thiophene rings is 1. The fourth-order valence-corrected chi connectivity index (χ4v) is 2.41. The van der Waals surface area contributed by atoms with Crippen LogP contribution < -0.4 is 0 Å². The van der Waals surface area contributed by atoms with Gasteiger partial charge in [-0.25, -0.2) is 0 Å². The highest BCUT2D eigenvalue weighted by Gasteiger charge is 2.07. The molecule has 2 nitrogen and oxygen atoms in total. The fourth-order valence-electron chi connectivity index (χ4n) is 1.40. The monoisotopic (exact) mass is 226 g/mol. The normalized spacial score (nSPS) is 10.6. The van der Waals surface area contributed by atoms with Crippen molar-refractivity contribution in [2.45, 2.75) is 5.88 Å². The Balaban J connectivity index is 2.78. The van der Waals surface area contributed by atoms with Gasteiger partial charge in [-0.3, -0.25) is 4.79 Å². The van der Waals surface area contributed by atoms with E-state index in [1.165, 1.54) is 11.3 Å². The van der Waals surface area contributed by atoms with E-state index < -0.39 is 0 Å². The number of fused-ring (bicyclic) bond motifs is 1. The van der Waals surface area contributed by atoms with Gasteiger partial charge in [0.2, 0.25) is 0 Å². The summed E-state index contributed by atoms with van der Waals surface area (Å²) >= 11 is 6.89. The van der Waals surface area contributed by atoms with Crippen LogP contribution in [0.15, 0.2) is 18.2 Å². The molecule has 0 aliphatic rings. The second kappa shape index (κ2) is 3.59. The summed E-state index contributed by atoms with van der Waals surface area (Å²) in [7, 11) is 0. The average Bonchev–Trinajstić information content (AvgIpc) is 2.56. The van der Waals surface area contributed by atoms with Gasteiger partial charge >= 0.3 is 0 Å². The molecule has 2 aromatic rings. The lowest BCUT2D eigenvalue weighted by molar-refractivity contribution is 0.112. The topological polar surface area (TPSA) is 37.3 Å². The number of hydrogen-bond acceptors (Lipinski definition) is 3. The minimum Gasteiger partial charge on any atom is -0.499 e. The van der Waals surface area contributed by atoms with Crippen LogP contribution >= 0.6 is 22.9 Å². The number of aromatic hydroxyl groups is 1. The molecule has 0 fully saturated rings. The Kier molecular flexibility index (Phi) is 2.44. The summed E-state index contributed by atoms with van der Waals surface area (Å²) in [5.74, 6) is 0.368. The number of hydrogen-bond donors (Lipinski definition) is 1. The third kappa shape index (κ3) is 1.49. The molecule has 0 spiro atoms. The molecule has 1 aromatic carbocycles. The third-order valence-electron chi connectivity index (χ3n) is 1.97. The zero-order valence-electron chi connectivity index (χ0n) is 7.16. The first-order valence-corrected chi connectivity index (χ1v) is 5.36. The quantitative estimate of drug-likeness (QED) is 0.631. The first-order valence-electron chi connectivity index (χ1n) is 4.01. The van der Waals surface area contributed by atoms with E-state index in [0.29, 0.717) is 11.4 Å². The molecule has 1 aromatic heterocycles. The maximum absolute atomic E-state index is 10.8. The van der Waals surface area contributed by atoms with Gasteiger partial charge in [0, 0.05) is 16.1 Å². The Hall–Kier alpha value is -1.06. The van der Waals surface area contributed by atoms with Gasteiger partial charge in [0.25, 0.3) is 0 Å². The predicted molar refractivity (Wildman–Crippen MR) is 58.4 cm³/mol. The molecule has 0 saturated heterocycles. The van der Waals surface area contributed by atoms with Crippen LogP contribution in [0.3, 0.4) is 0 Å². The number of carbonyl (C=O) groups is 1. The van der Waals surface area contributed by atoms with Crippen molar-refractivity contribution < 1.29 is 9.90 Å². The third-order valence-corrected chi connectivity index (χ3v) is 3.28. The molecule has 0 saturated carbocycles. The molecule has 2 rings (SSSR count). The van der Waals surface area contributed by atoms with E-state index in [1.807, 2.05) is 6.07 Å². The van der Waals surface area contributed by atoms with Crippen LogP contribution in [0.25, 0.3) is 10.1 Å². The first kappa shape index (κ1) is 9.49. The molecular formula is C10H7ClO2S. The highest BCUT2D eigenvalue weighted by molar-refractivity contribution is 7.21. The molecule has 0 bridgehead atoms. The SMILES string of the molecule is O=Cc1cc(CCl)cc2cc(O)sc12. The maximum Gasteiger partial charge on any atom is 0.172 e. The lowest BCUT2D eigenvalue weighted by Crippen LogP contribution is -1.84. The summed E-state index contributed by atoms with van der Waals surface area (Å²) in [5.41, 5.74) is 1.47. The van der Waals surface area contributed by atoms with Gasteiger partial charge < -0.3 is 5.11 Å². The van der Waals surface area contributed by atoms with Crippen molar-refractivity contribution in [1.82, 2.24) is 0 Å². The van der Waals surface area contributed by atoms with Gasteiger partial charge in [-0.15, -0.1) is 11.6 Å². The highest BCUT2D eigenvalue weighted by atomic mass is 35.5. The Morgan fingerprint density at radius 2 is 2.21 bits per heavy atom. The summed E-state index contributed by atoms with van der Waals surface area (Å²) in [6.45, 7) is 0. The largest absolute Gasteiger partial charge is 0.499 e. The summed E-state index contributed by atoms with van der Waals surface area (Å²) in [6.07, 6.45) is 0.786. The average molecular weight is 227 g/mol. The minimum absolute atomic E-state index is 0.217. The van der Waals surface area contributed by atoms with E-state index in [2.05, 4.69) is 0 Å². The summed E-state index contributed by atoms with van der Waals surface area (Å²) < 4.78 is 0.811. The lowest BCUT2D eigenvalue weighted by Gasteiger charge is -1.98. The molecule has 0 atom stereocenters. The van der Waals surface area contributed by atoms with Crippen LogP contribution in [0.1, 0.15) is 15.9 Å². The van der Waals surface area contributed by atoms with E-state index in [0.717, 1.165) is 21.9 Å². The fraction of sp³-hybridized carbons (Fsp3) is 0.100. The number of alkyl halides is 1.